The fraction of sp³-hybridized carbons (Fsp3) is 0.833. The van der Waals surface area contributed by atoms with Crippen LogP contribution in [0.3, 0.4) is 0 Å². The van der Waals surface area contributed by atoms with Gasteiger partial charge in [0.2, 0.25) is 0 Å². The van der Waals surface area contributed by atoms with E-state index in [2.05, 4.69) is 36.5 Å². The van der Waals surface area contributed by atoms with Crippen molar-refractivity contribution < 1.29 is 0 Å². The van der Waals surface area contributed by atoms with Gasteiger partial charge in [-0.2, -0.15) is 0 Å². The fourth-order valence-electron chi connectivity index (χ4n) is 5.90. The third kappa shape index (κ3) is 2.46. The molecule has 1 N–H and O–H groups in total. The lowest BCUT2D eigenvalue weighted by Gasteiger charge is -2.59. The van der Waals surface area contributed by atoms with E-state index < -0.39 is 0 Å². The number of hydrogen-bond donors (Lipinski definition) is 1. The van der Waals surface area contributed by atoms with E-state index in [0.29, 0.717) is 17.5 Å². The molecule has 2 nitrogen and oxygen atoms in total. The van der Waals surface area contributed by atoms with Gasteiger partial charge in [0.05, 0.1) is 6.04 Å². The van der Waals surface area contributed by atoms with Crippen LogP contribution in [0.1, 0.15) is 69.1 Å². The highest BCUT2D eigenvalue weighted by atomic mass is 32.1. The number of aromatic nitrogens is 1. The minimum Gasteiger partial charge on any atom is -0.305 e. The third-order valence-electron chi connectivity index (χ3n) is 6.51. The van der Waals surface area contributed by atoms with Gasteiger partial charge in [-0.1, -0.05) is 0 Å². The molecule has 4 saturated carbocycles. The molecule has 1 heterocycles. The largest absolute Gasteiger partial charge is 0.305 e. The first-order chi connectivity index (χ1) is 10.0. The first-order valence-electron chi connectivity index (χ1n) is 8.72. The lowest BCUT2D eigenvalue weighted by molar-refractivity contribution is -0.0719. The molecule has 0 aromatic carbocycles. The van der Waals surface area contributed by atoms with Crippen molar-refractivity contribution in [2.24, 2.45) is 23.2 Å². The molecular formula is C18H28N2S. The summed E-state index contributed by atoms with van der Waals surface area (Å²) in [6.45, 7) is 6.83. The second-order valence-electron chi connectivity index (χ2n) is 8.22. The standard InChI is InChI=1S/C18H28N2S/c1-11-10-21-17(19-11)12(2)20-13(3)18-7-14-4-15(8-18)6-16(5-14)9-18/h10,12-16,20H,4-9H2,1-3H3. The molecule has 1 aromatic heterocycles. The normalized spacial score (nSPS) is 40.4. The summed E-state index contributed by atoms with van der Waals surface area (Å²) < 4.78 is 0. The topological polar surface area (TPSA) is 24.9 Å². The molecule has 5 rings (SSSR count). The molecule has 4 aliphatic rings. The quantitative estimate of drug-likeness (QED) is 0.871. The van der Waals surface area contributed by atoms with Crippen LogP contribution in [-0.2, 0) is 0 Å². The van der Waals surface area contributed by atoms with E-state index in [0.717, 1.165) is 23.4 Å². The van der Waals surface area contributed by atoms with Gasteiger partial charge in [-0.25, -0.2) is 4.98 Å². The molecule has 4 aliphatic carbocycles. The van der Waals surface area contributed by atoms with Crippen molar-refractivity contribution in [1.82, 2.24) is 10.3 Å². The van der Waals surface area contributed by atoms with Crippen LogP contribution in [0.2, 0.25) is 0 Å². The predicted octanol–water partition coefficient (Wildman–Crippen LogP) is 4.71. The van der Waals surface area contributed by atoms with Crippen LogP contribution in [0.5, 0.6) is 0 Å². The van der Waals surface area contributed by atoms with E-state index in [-0.39, 0.29) is 0 Å². The van der Waals surface area contributed by atoms with Gasteiger partial charge in [-0.15, -0.1) is 11.3 Å². The number of hydrogen-bond acceptors (Lipinski definition) is 3. The highest BCUT2D eigenvalue weighted by Crippen LogP contribution is 2.61. The first kappa shape index (κ1) is 14.2. The van der Waals surface area contributed by atoms with E-state index in [1.54, 1.807) is 11.3 Å². The van der Waals surface area contributed by atoms with Gasteiger partial charge in [0.15, 0.2) is 0 Å². The molecule has 0 radical (unpaired) electrons. The third-order valence-corrected chi connectivity index (χ3v) is 7.66. The molecule has 2 unspecified atom stereocenters. The number of nitrogens with one attached hydrogen (secondary N) is 1. The lowest BCUT2D eigenvalue weighted by atomic mass is 9.48. The fourth-order valence-corrected chi connectivity index (χ4v) is 6.71. The average molecular weight is 305 g/mol. The smallest absolute Gasteiger partial charge is 0.110 e. The predicted molar refractivity (Wildman–Crippen MR) is 88.5 cm³/mol. The molecule has 116 valence electrons. The molecule has 4 bridgehead atoms. The van der Waals surface area contributed by atoms with Crippen LogP contribution in [-0.4, -0.2) is 11.0 Å². The maximum atomic E-state index is 4.67. The minimum absolute atomic E-state index is 0.395. The summed E-state index contributed by atoms with van der Waals surface area (Å²) in [6, 6.07) is 1.02. The van der Waals surface area contributed by atoms with Crippen molar-refractivity contribution in [3.63, 3.8) is 0 Å². The van der Waals surface area contributed by atoms with Gasteiger partial charge >= 0.3 is 0 Å². The van der Waals surface area contributed by atoms with E-state index >= 15 is 0 Å². The average Bonchev–Trinajstić information content (AvgIpc) is 2.84. The summed E-state index contributed by atoms with van der Waals surface area (Å²) in [6.07, 6.45) is 9.05. The van der Waals surface area contributed by atoms with Crippen LogP contribution >= 0.6 is 11.3 Å². The van der Waals surface area contributed by atoms with E-state index in [1.807, 2.05) is 0 Å². The van der Waals surface area contributed by atoms with Crippen molar-refractivity contribution in [3.05, 3.63) is 16.1 Å². The Kier molecular flexibility index (Phi) is 3.42. The van der Waals surface area contributed by atoms with Gasteiger partial charge in [0.25, 0.3) is 0 Å². The Hall–Kier alpha value is -0.410. The van der Waals surface area contributed by atoms with E-state index in [4.69, 9.17) is 0 Å². The lowest BCUT2D eigenvalue weighted by Crippen LogP contribution is -2.55. The maximum absolute atomic E-state index is 4.67. The van der Waals surface area contributed by atoms with E-state index in [9.17, 15) is 0 Å². The number of thiazole rings is 1. The summed E-state index contributed by atoms with van der Waals surface area (Å²) in [5.74, 6) is 3.12. The summed E-state index contributed by atoms with van der Waals surface area (Å²) >= 11 is 1.80. The molecule has 3 heteroatoms. The molecule has 2 atom stereocenters. The SMILES string of the molecule is Cc1csc(C(C)NC(C)C23CC4CC(CC(C4)C2)C3)n1. The van der Waals surface area contributed by atoms with Crippen molar-refractivity contribution in [2.75, 3.05) is 0 Å². The summed E-state index contributed by atoms with van der Waals surface area (Å²) in [4.78, 5) is 4.67. The van der Waals surface area contributed by atoms with Crippen molar-refractivity contribution >= 4 is 11.3 Å². The summed E-state index contributed by atoms with van der Waals surface area (Å²) in [5, 5.41) is 7.34. The monoisotopic (exact) mass is 304 g/mol. The minimum atomic E-state index is 0.395. The van der Waals surface area contributed by atoms with Crippen molar-refractivity contribution in [3.8, 4) is 0 Å². The summed E-state index contributed by atoms with van der Waals surface area (Å²) in [7, 11) is 0. The first-order valence-corrected chi connectivity index (χ1v) is 9.60. The second-order valence-corrected chi connectivity index (χ2v) is 9.11. The Bertz CT molecular complexity index is 486. The molecule has 21 heavy (non-hydrogen) atoms. The number of aryl methyl sites for hydroxylation is 1. The van der Waals surface area contributed by atoms with Crippen LogP contribution in [0.4, 0.5) is 0 Å². The zero-order chi connectivity index (χ0) is 14.6. The molecule has 0 amide bonds. The molecule has 0 aliphatic heterocycles. The highest BCUT2D eigenvalue weighted by molar-refractivity contribution is 7.09. The Morgan fingerprint density at radius 3 is 2.19 bits per heavy atom. The van der Waals surface area contributed by atoms with Gasteiger partial charge in [0.1, 0.15) is 5.01 Å². The number of nitrogens with zero attached hydrogens (tertiary/aromatic N) is 1. The molecule has 4 fully saturated rings. The zero-order valence-corrected chi connectivity index (χ0v) is 14.4. The van der Waals surface area contributed by atoms with Crippen LogP contribution in [0.15, 0.2) is 5.38 Å². The molecule has 1 aromatic rings. The van der Waals surface area contributed by atoms with Crippen LogP contribution in [0.25, 0.3) is 0 Å². The number of rotatable bonds is 4. The zero-order valence-electron chi connectivity index (χ0n) is 13.6. The van der Waals surface area contributed by atoms with Gasteiger partial charge in [-0.3, -0.25) is 0 Å². The van der Waals surface area contributed by atoms with Crippen molar-refractivity contribution in [2.45, 2.75) is 71.4 Å². The second kappa shape index (κ2) is 5.06. The van der Waals surface area contributed by atoms with Gasteiger partial charge < -0.3 is 5.32 Å². The van der Waals surface area contributed by atoms with Crippen LogP contribution < -0.4 is 5.32 Å². The molecule has 0 spiro atoms. The van der Waals surface area contributed by atoms with Crippen molar-refractivity contribution in [1.29, 1.82) is 0 Å². The Labute approximate surface area is 132 Å². The molecular weight excluding hydrogens is 276 g/mol. The Balaban J connectivity index is 1.48. The van der Waals surface area contributed by atoms with E-state index in [1.165, 1.54) is 43.5 Å². The Morgan fingerprint density at radius 1 is 1.14 bits per heavy atom. The summed E-state index contributed by atoms with van der Waals surface area (Å²) in [5.41, 5.74) is 1.75. The maximum Gasteiger partial charge on any atom is 0.110 e. The highest BCUT2D eigenvalue weighted by Gasteiger charge is 2.53. The Morgan fingerprint density at radius 2 is 1.71 bits per heavy atom. The van der Waals surface area contributed by atoms with Crippen LogP contribution in [0, 0.1) is 30.1 Å². The molecule has 0 saturated heterocycles. The van der Waals surface area contributed by atoms with Gasteiger partial charge in [0, 0.05) is 17.1 Å². The van der Waals surface area contributed by atoms with Gasteiger partial charge in [-0.05, 0) is 82.5 Å².